The number of terminal acetylenes is 1. The Labute approximate surface area is 126 Å². The Morgan fingerprint density at radius 3 is 2.86 bits per heavy atom. The topological polar surface area (TPSA) is 127 Å². The van der Waals surface area contributed by atoms with Gasteiger partial charge in [0.25, 0.3) is 0 Å². The average molecular weight is 304 g/mol. The van der Waals surface area contributed by atoms with Gasteiger partial charge in [0.2, 0.25) is 0 Å². The fraction of sp³-hybridized carbons (Fsp3) is 0.429. The van der Waals surface area contributed by atoms with Gasteiger partial charge in [-0.05, 0) is 6.92 Å². The highest BCUT2D eigenvalue weighted by atomic mass is 16.6. The first-order valence-electron chi connectivity index (χ1n) is 6.66. The van der Waals surface area contributed by atoms with Crippen molar-refractivity contribution in [2.24, 2.45) is 0 Å². The maximum absolute atomic E-state index is 10.6. The minimum atomic E-state index is -1.63. The summed E-state index contributed by atoms with van der Waals surface area (Å²) in [5, 5.41) is 30.4. The molecule has 8 nitrogen and oxygen atoms in total. The van der Waals surface area contributed by atoms with E-state index in [1.807, 2.05) is 0 Å². The molecule has 0 aromatic carbocycles. The number of rotatable bonds is 2. The number of aliphatic hydroxyl groups excluding tert-OH is 2. The van der Waals surface area contributed by atoms with E-state index in [2.05, 4.69) is 15.9 Å². The van der Waals surface area contributed by atoms with Gasteiger partial charge in [0.15, 0.2) is 6.23 Å². The van der Waals surface area contributed by atoms with E-state index in [9.17, 15) is 15.3 Å². The van der Waals surface area contributed by atoms with Crippen molar-refractivity contribution in [1.82, 2.24) is 14.5 Å². The molecule has 3 heterocycles. The number of nitrogen functional groups attached to an aromatic ring is 1. The highest BCUT2D eigenvalue weighted by Gasteiger charge is 2.53. The van der Waals surface area contributed by atoms with Crippen LogP contribution in [0.4, 0.5) is 5.82 Å². The van der Waals surface area contributed by atoms with Crippen molar-refractivity contribution in [3.8, 4) is 12.3 Å². The summed E-state index contributed by atoms with van der Waals surface area (Å²) in [7, 11) is 0. The Kier molecular flexibility index (Phi) is 3.30. The first-order chi connectivity index (χ1) is 10.4. The Hall–Kier alpha value is -2.18. The van der Waals surface area contributed by atoms with Crippen LogP contribution in [0.2, 0.25) is 0 Å². The third-order valence-electron chi connectivity index (χ3n) is 3.98. The zero-order chi connectivity index (χ0) is 16.1. The fourth-order valence-electron chi connectivity index (χ4n) is 2.79. The van der Waals surface area contributed by atoms with E-state index >= 15 is 0 Å². The van der Waals surface area contributed by atoms with Crippen LogP contribution in [0.5, 0.6) is 0 Å². The second-order valence-corrected chi connectivity index (χ2v) is 5.43. The van der Waals surface area contributed by atoms with E-state index in [4.69, 9.17) is 16.9 Å². The van der Waals surface area contributed by atoms with Gasteiger partial charge < -0.3 is 30.4 Å². The summed E-state index contributed by atoms with van der Waals surface area (Å²) in [6, 6.07) is 0. The molecule has 0 spiro atoms. The fourth-order valence-corrected chi connectivity index (χ4v) is 2.79. The molecule has 116 valence electrons. The highest BCUT2D eigenvalue weighted by Crippen LogP contribution is 2.40. The lowest BCUT2D eigenvalue weighted by molar-refractivity contribution is -0.0948. The molecule has 3 rings (SSSR count). The molecular formula is C14H16N4O4. The number of aromatic nitrogens is 3. The van der Waals surface area contributed by atoms with Gasteiger partial charge in [0.05, 0.1) is 17.6 Å². The number of anilines is 1. The minimum Gasteiger partial charge on any atom is -0.394 e. The van der Waals surface area contributed by atoms with E-state index in [0.29, 0.717) is 16.6 Å². The molecule has 0 saturated carbocycles. The van der Waals surface area contributed by atoms with Crippen molar-refractivity contribution in [3.63, 3.8) is 0 Å². The van der Waals surface area contributed by atoms with Gasteiger partial charge in [-0.3, -0.25) is 0 Å². The van der Waals surface area contributed by atoms with Crippen molar-refractivity contribution < 1.29 is 20.1 Å². The standard InChI is InChI=1S/C14H16N4O4/c1-3-7-4-18(12-9(7)11(15)16-6-17-12)13-14(2,21)10(20)8(5-19)22-13/h1,4,6,8,10,13,19-21H,5H2,2H3,(H2,15,16,17)/t8?,10?,13-,14-/m1/s1. The van der Waals surface area contributed by atoms with Crippen LogP contribution in [0.25, 0.3) is 11.0 Å². The molecule has 2 unspecified atom stereocenters. The van der Waals surface area contributed by atoms with Crippen molar-refractivity contribution in [1.29, 1.82) is 0 Å². The normalized spacial score (nSPS) is 31.5. The molecule has 2 aromatic heterocycles. The first-order valence-corrected chi connectivity index (χ1v) is 6.66. The largest absolute Gasteiger partial charge is 0.394 e. The molecule has 1 aliphatic heterocycles. The molecule has 2 aromatic rings. The van der Waals surface area contributed by atoms with Gasteiger partial charge in [0.1, 0.15) is 35.6 Å². The molecule has 0 amide bonds. The number of aliphatic hydroxyl groups is 3. The Balaban J connectivity index is 2.20. The monoisotopic (exact) mass is 304 g/mol. The molecular weight excluding hydrogens is 288 g/mol. The number of ether oxygens (including phenoxy) is 1. The molecule has 5 N–H and O–H groups in total. The molecule has 22 heavy (non-hydrogen) atoms. The van der Waals surface area contributed by atoms with E-state index in [1.54, 1.807) is 6.20 Å². The Bertz CT molecular complexity index is 764. The van der Waals surface area contributed by atoms with Crippen molar-refractivity contribution in [2.75, 3.05) is 12.3 Å². The lowest BCUT2D eigenvalue weighted by Gasteiger charge is -2.27. The molecule has 1 saturated heterocycles. The van der Waals surface area contributed by atoms with Gasteiger partial charge in [-0.2, -0.15) is 0 Å². The maximum Gasteiger partial charge on any atom is 0.167 e. The summed E-state index contributed by atoms with van der Waals surface area (Å²) in [6.45, 7) is 0.996. The third kappa shape index (κ3) is 1.88. The predicted octanol–water partition coefficient (Wildman–Crippen LogP) is -1.00. The highest BCUT2D eigenvalue weighted by molar-refractivity contribution is 5.92. The molecule has 1 aliphatic rings. The van der Waals surface area contributed by atoms with Crippen molar-refractivity contribution in [3.05, 3.63) is 18.1 Å². The van der Waals surface area contributed by atoms with Crippen LogP contribution in [-0.2, 0) is 4.74 Å². The average Bonchev–Trinajstić information content (AvgIpc) is 2.97. The molecule has 4 atom stereocenters. The van der Waals surface area contributed by atoms with Gasteiger partial charge in [-0.1, -0.05) is 5.92 Å². The molecule has 0 bridgehead atoms. The number of fused-ring (bicyclic) bond motifs is 1. The van der Waals surface area contributed by atoms with Crippen LogP contribution in [0.15, 0.2) is 12.5 Å². The van der Waals surface area contributed by atoms with E-state index in [1.165, 1.54) is 17.8 Å². The zero-order valence-electron chi connectivity index (χ0n) is 11.8. The van der Waals surface area contributed by atoms with Crippen LogP contribution in [0, 0.1) is 12.3 Å². The summed E-state index contributed by atoms with van der Waals surface area (Å²) in [5.74, 6) is 2.70. The van der Waals surface area contributed by atoms with Gasteiger partial charge >= 0.3 is 0 Å². The summed E-state index contributed by atoms with van der Waals surface area (Å²) >= 11 is 0. The van der Waals surface area contributed by atoms with Gasteiger partial charge in [-0.15, -0.1) is 6.42 Å². The second kappa shape index (κ2) is 4.93. The predicted molar refractivity (Wildman–Crippen MR) is 77.5 cm³/mol. The van der Waals surface area contributed by atoms with Crippen molar-refractivity contribution in [2.45, 2.75) is 31.0 Å². The summed E-state index contributed by atoms with van der Waals surface area (Å²) in [6.07, 6.45) is 5.17. The van der Waals surface area contributed by atoms with E-state index in [-0.39, 0.29) is 5.82 Å². The summed E-state index contributed by atoms with van der Waals surface area (Å²) < 4.78 is 7.07. The third-order valence-corrected chi connectivity index (χ3v) is 3.98. The smallest absolute Gasteiger partial charge is 0.167 e. The SMILES string of the molecule is C#Cc1cn([C@@H]2OC(CO)C(O)[C@@]2(C)O)c2ncnc(N)c12. The van der Waals surface area contributed by atoms with Crippen LogP contribution in [0.3, 0.4) is 0 Å². The van der Waals surface area contributed by atoms with Crippen LogP contribution >= 0.6 is 0 Å². The second-order valence-electron chi connectivity index (χ2n) is 5.43. The zero-order valence-corrected chi connectivity index (χ0v) is 11.8. The van der Waals surface area contributed by atoms with Gasteiger partial charge in [0, 0.05) is 6.20 Å². The maximum atomic E-state index is 10.6. The molecule has 1 fully saturated rings. The molecule has 0 aliphatic carbocycles. The number of hydrogen-bond acceptors (Lipinski definition) is 7. The summed E-state index contributed by atoms with van der Waals surface area (Å²) in [5.41, 5.74) is 5.05. The first kappa shape index (κ1) is 14.7. The minimum absolute atomic E-state index is 0.216. The summed E-state index contributed by atoms with van der Waals surface area (Å²) in [4.78, 5) is 8.04. The van der Waals surface area contributed by atoms with Crippen LogP contribution < -0.4 is 5.73 Å². The van der Waals surface area contributed by atoms with Crippen LogP contribution in [-0.4, -0.2) is 54.3 Å². The lowest BCUT2D eigenvalue weighted by Crippen LogP contribution is -2.44. The Morgan fingerprint density at radius 1 is 1.55 bits per heavy atom. The molecule has 8 heteroatoms. The van der Waals surface area contributed by atoms with Crippen molar-refractivity contribution >= 4 is 16.9 Å². The van der Waals surface area contributed by atoms with Crippen LogP contribution in [0.1, 0.15) is 18.7 Å². The number of nitrogens with zero attached hydrogens (tertiary/aromatic N) is 3. The quantitative estimate of drug-likeness (QED) is 0.524. The number of nitrogens with two attached hydrogens (primary N) is 1. The molecule has 0 radical (unpaired) electrons. The lowest BCUT2D eigenvalue weighted by atomic mass is 9.96. The van der Waals surface area contributed by atoms with Gasteiger partial charge in [-0.25, -0.2) is 9.97 Å². The Morgan fingerprint density at radius 2 is 2.27 bits per heavy atom. The number of hydrogen-bond donors (Lipinski definition) is 4. The van der Waals surface area contributed by atoms with E-state index in [0.717, 1.165) is 0 Å². The van der Waals surface area contributed by atoms with E-state index < -0.39 is 30.6 Å².